The maximum Gasteiger partial charge on any atom is 0.172 e. The molecule has 5 heteroatoms. The van der Waals surface area contributed by atoms with Crippen molar-refractivity contribution in [2.75, 3.05) is 0 Å². The first-order valence-corrected chi connectivity index (χ1v) is 5.15. The summed E-state index contributed by atoms with van der Waals surface area (Å²) in [6, 6.07) is 3.44. The standard InChI is InChI=1S/C11H10ClN3O/c1-7-8(2)14-15(10(7)6-16)11-9(12)4-3-5-13-11/h3-6H,1-2H3. The van der Waals surface area contributed by atoms with Crippen LogP contribution in [0.5, 0.6) is 0 Å². The summed E-state index contributed by atoms with van der Waals surface area (Å²) in [4.78, 5) is 15.1. The van der Waals surface area contributed by atoms with Crippen molar-refractivity contribution < 1.29 is 4.79 Å². The lowest BCUT2D eigenvalue weighted by Gasteiger charge is -2.04. The lowest BCUT2D eigenvalue weighted by atomic mass is 10.2. The molecule has 0 bridgehead atoms. The zero-order valence-corrected chi connectivity index (χ0v) is 9.69. The van der Waals surface area contributed by atoms with Crippen LogP contribution in [0.15, 0.2) is 18.3 Å². The molecule has 0 amide bonds. The highest BCUT2D eigenvalue weighted by atomic mass is 35.5. The van der Waals surface area contributed by atoms with Gasteiger partial charge < -0.3 is 0 Å². The van der Waals surface area contributed by atoms with Gasteiger partial charge in [0.1, 0.15) is 5.69 Å². The fraction of sp³-hybridized carbons (Fsp3) is 0.182. The summed E-state index contributed by atoms with van der Waals surface area (Å²) in [5, 5.41) is 4.72. The average Bonchev–Trinajstić information content (AvgIpc) is 2.56. The summed E-state index contributed by atoms with van der Waals surface area (Å²) in [5.41, 5.74) is 2.12. The predicted octanol–water partition coefficient (Wildman–Crippen LogP) is 2.35. The molecule has 0 saturated carbocycles. The number of aryl methyl sites for hydroxylation is 1. The van der Waals surface area contributed by atoms with Crippen LogP contribution in [0.1, 0.15) is 21.7 Å². The maximum atomic E-state index is 11.0. The molecule has 0 unspecified atom stereocenters. The maximum absolute atomic E-state index is 11.0. The van der Waals surface area contributed by atoms with Crippen molar-refractivity contribution in [1.82, 2.24) is 14.8 Å². The zero-order chi connectivity index (χ0) is 11.7. The van der Waals surface area contributed by atoms with E-state index >= 15 is 0 Å². The van der Waals surface area contributed by atoms with Gasteiger partial charge in [-0.2, -0.15) is 5.10 Å². The van der Waals surface area contributed by atoms with E-state index in [1.807, 2.05) is 13.8 Å². The molecule has 0 atom stereocenters. The molecule has 2 rings (SSSR count). The smallest absolute Gasteiger partial charge is 0.172 e. The van der Waals surface area contributed by atoms with Gasteiger partial charge in [-0.1, -0.05) is 11.6 Å². The topological polar surface area (TPSA) is 47.8 Å². The minimum absolute atomic E-state index is 0.466. The van der Waals surface area contributed by atoms with Crippen LogP contribution in [0.4, 0.5) is 0 Å². The molecule has 2 aromatic rings. The third kappa shape index (κ3) is 1.61. The largest absolute Gasteiger partial charge is 0.296 e. The molecule has 0 spiro atoms. The van der Waals surface area contributed by atoms with Gasteiger partial charge in [-0.3, -0.25) is 4.79 Å². The minimum Gasteiger partial charge on any atom is -0.296 e. The van der Waals surface area contributed by atoms with Crippen molar-refractivity contribution in [3.8, 4) is 5.82 Å². The van der Waals surface area contributed by atoms with Crippen molar-refractivity contribution in [2.24, 2.45) is 0 Å². The fourth-order valence-electron chi connectivity index (χ4n) is 1.46. The Bertz CT molecular complexity index is 548. The summed E-state index contributed by atoms with van der Waals surface area (Å²) in [7, 11) is 0. The third-order valence-corrected chi connectivity index (χ3v) is 2.75. The van der Waals surface area contributed by atoms with Crippen LogP contribution in [0.25, 0.3) is 5.82 Å². The molecule has 16 heavy (non-hydrogen) atoms. The van der Waals surface area contributed by atoms with Crippen LogP contribution in [0.3, 0.4) is 0 Å². The summed E-state index contributed by atoms with van der Waals surface area (Å²) < 4.78 is 1.47. The highest BCUT2D eigenvalue weighted by Gasteiger charge is 2.14. The zero-order valence-electron chi connectivity index (χ0n) is 8.94. The van der Waals surface area contributed by atoms with Crippen molar-refractivity contribution in [1.29, 1.82) is 0 Å². The Morgan fingerprint density at radius 2 is 2.19 bits per heavy atom. The van der Waals surface area contributed by atoms with Gasteiger partial charge in [0.05, 0.1) is 10.7 Å². The Morgan fingerprint density at radius 1 is 1.44 bits per heavy atom. The SMILES string of the molecule is Cc1nn(-c2ncccc2Cl)c(C=O)c1C. The molecule has 2 heterocycles. The minimum atomic E-state index is 0.466. The summed E-state index contributed by atoms with van der Waals surface area (Å²) in [6.07, 6.45) is 2.38. The molecule has 82 valence electrons. The number of aldehydes is 1. The van der Waals surface area contributed by atoms with Gasteiger partial charge in [-0.15, -0.1) is 0 Å². The molecular weight excluding hydrogens is 226 g/mol. The van der Waals surface area contributed by atoms with E-state index < -0.39 is 0 Å². The monoisotopic (exact) mass is 235 g/mol. The van der Waals surface area contributed by atoms with Crippen LogP contribution < -0.4 is 0 Å². The third-order valence-electron chi connectivity index (χ3n) is 2.46. The molecule has 0 saturated heterocycles. The second kappa shape index (κ2) is 4.06. The van der Waals surface area contributed by atoms with Gasteiger partial charge in [-0.05, 0) is 26.0 Å². The van der Waals surface area contributed by atoms with E-state index in [0.29, 0.717) is 16.5 Å². The Morgan fingerprint density at radius 3 is 2.81 bits per heavy atom. The van der Waals surface area contributed by atoms with Gasteiger partial charge in [-0.25, -0.2) is 9.67 Å². The summed E-state index contributed by atoms with van der Waals surface area (Å²) >= 11 is 6.01. The molecule has 4 nitrogen and oxygen atoms in total. The average molecular weight is 236 g/mol. The lowest BCUT2D eigenvalue weighted by molar-refractivity contribution is 0.111. The van der Waals surface area contributed by atoms with Gasteiger partial charge in [0.25, 0.3) is 0 Å². The van der Waals surface area contributed by atoms with Crippen LogP contribution in [0.2, 0.25) is 5.02 Å². The Kier molecular flexibility index (Phi) is 2.75. The molecule has 0 radical (unpaired) electrons. The summed E-state index contributed by atoms with van der Waals surface area (Å²) in [5.74, 6) is 0.475. The predicted molar refractivity (Wildman–Crippen MR) is 61.2 cm³/mol. The molecule has 0 aliphatic rings. The second-order valence-electron chi connectivity index (χ2n) is 3.43. The number of hydrogen-bond donors (Lipinski definition) is 0. The number of aromatic nitrogens is 3. The number of nitrogens with zero attached hydrogens (tertiary/aromatic N) is 3. The number of rotatable bonds is 2. The first kappa shape index (κ1) is 10.8. The highest BCUT2D eigenvalue weighted by molar-refractivity contribution is 6.32. The summed E-state index contributed by atoms with van der Waals surface area (Å²) in [6.45, 7) is 3.69. The van der Waals surface area contributed by atoms with E-state index in [-0.39, 0.29) is 0 Å². The van der Waals surface area contributed by atoms with Gasteiger partial charge in [0.15, 0.2) is 12.1 Å². The van der Waals surface area contributed by atoms with E-state index in [0.717, 1.165) is 17.5 Å². The van der Waals surface area contributed by atoms with Crippen molar-refractivity contribution in [3.05, 3.63) is 40.3 Å². The van der Waals surface area contributed by atoms with E-state index in [9.17, 15) is 4.79 Å². The van der Waals surface area contributed by atoms with Crippen molar-refractivity contribution in [3.63, 3.8) is 0 Å². The number of carbonyl (C=O) groups excluding carboxylic acids is 1. The Balaban J connectivity index is 2.69. The molecule has 0 aromatic carbocycles. The highest BCUT2D eigenvalue weighted by Crippen LogP contribution is 2.20. The fourth-order valence-corrected chi connectivity index (χ4v) is 1.66. The molecule has 0 fully saturated rings. The first-order chi connectivity index (χ1) is 7.65. The van der Waals surface area contributed by atoms with Crippen LogP contribution in [0, 0.1) is 13.8 Å². The van der Waals surface area contributed by atoms with E-state index in [4.69, 9.17) is 11.6 Å². The Hall–Kier alpha value is -1.68. The number of carbonyl (C=O) groups is 1. The number of halogens is 1. The van der Waals surface area contributed by atoms with E-state index in [1.165, 1.54) is 4.68 Å². The molecule has 2 aromatic heterocycles. The lowest BCUT2D eigenvalue weighted by Crippen LogP contribution is -2.04. The quantitative estimate of drug-likeness (QED) is 0.751. The van der Waals surface area contributed by atoms with E-state index in [2.05, 4.69) is 10.1 Å². The number of hydrogen-bond acceptors (Lipinski definition) is 3. The molecule has 0 aliphatic heterocycles. The molecule has 0 N–H and O–H groups in total. The van der Waals surface area contributed by atoms with Crippen LogP contribution >= 0.6 is 11.6 Å². The van der Waals surface area contributed by atoms with Gasteiger partial charge >= 0.3 is 0 Å². The van der Waals surface area contributed by atoms with Gasteiger partial charge in [0, 0.05) is 11.8 Å². The van der Waals surface area contributed by atoms with Crippen molar-refractivity contribution >= 4 is 17.9 Å². The Labute approximate surface area is 97.9 Å². The molecular formula is C11H10ClN3O. The number of pyridine rings is 1. The molecule has 0 aliphatic carbocycles. The van der Waals surface area contributed by atoms with Crippen molar-refractivity contribution in [2.45, 2.75) is 13.8 Å². The first-order valence-electron chi connectivity index (χ1n) is 4.77. The van der Waals surface area contributed by atoms with Crippen LogP contribution in [-0.4, -0.2) is 21.1 Å². The normalized spacial score (nSPS) is 10.4. The van der Waals surface area contributed by atoms with E-state index in [1.54, 1.807) is 18.3 Å². The second-order valence-corrected chi connectivity index (χ2v) is 3.84. The van der Waals surface area contributed by atoms with Crippen LogP contribution in [-0.2, 0) is 0 Å². The van der Waals surface area contributed by atoms with Gasteiger partial charge in [0.2, 0.25) is 0 Å².